The maximum Gasteiger partial charge on any atom is 0.243 e. The highest BCUT2D eigenvalue weighted by Gasteiger charge is 2.29. The van der Waals surface area contributed by atoms with Gasteiger partial charge in [0.15, 0.2) is 0 Å². The van der Waals surface area contributed by atoms with Gasteiger partial charge in [-0.05, 0) is 48.1 Å². The minimum absolute atomic E-state index is 0.0132. The van der Waals surface area contributed by atoms with Crippen LogP contribution in [-0.4, -0.2) is 38.9 Å². The average molecular weight is 387 g/mol. The molecule has 1 fully saturated rings. The van der Waals surface area contributed by atoms with Crippen molar-refractivity contribution in [2.45, 2.75) is 44.9 Å². The molecule has 1 heterocycles. The van der Waals surface area contributed by atoms with E-state index in [9.17, 15) is 8.42 Å². The minimum atomic E-state index is -3.44. The van der Waals surface area contributed by atoms with Crippen molar-refractivity contribution in [2.24, 2.45) is 0 Å². The molecular formula is C22H30N2O2S. The standard InChI is InChI=1S/C22H30N2O2S/c1-17-7-6-8-18(2)21(17)23-13-15-24(16-14-23)27(25,26)20-11-9-19(10-12-20)22(3,4)5/h6-12H,13-16H2,1-5H3. The number of para-hydroxylation sites is 1. The van der Waals surface area contributed by atoms with E-state index in [4.69, 9.17) is 0 Å². The third kappa shape index (κ3) is 4.04. The van der Waals surface area contributed by atoms with Gasteiger partial charge in [-0.15, -0.1) is 0 Å². The first kappa shape index (κ1) is 19.9. The molecule has 4 nitrogen and oxygen atoms in total. The Morgan fingerprint density at radius 1 is 0.815 bits per heavy atom. The topological polar surface area (TPSA) is 40.6 Å². The molecule has 0 bridgehead atoms. The molecule has 0 unspecified atom stereocenters. The van der Waals surface area contributed by atoms with Gasteiger partial charge in [-0.2, -0.15) is 4.31 Å². The molecule has 5 heteroatoms. The second-order valence-corrected chi connectivity index (χ2v) is 10.3. The van der Waals surface area contributed by atoms with Crippen LogP contribution in [-0.2, 0) is 15.4 Å². The van der Waals surface area contributed by atoms with Gasteiger partial charge >= 0.3 is 0 Å². The smallest absolute Gasteiger partial charge is 0.243 e. The number of hydrogen-bond donors (Lipinski definition) is 0. The summed E-state index contributed by atoms with van der Waals surface area (Å²) in [6.07, 6.45) is 0. The zero-order chi connectivity index (χ0) is 19.8. The van der Waals surface area contributed by atoms with Crippen LogP contribution in [0.1, 0.15) is 37.5 Å². The van der Waals surface area contributed by atoms with Crippen molar-refractivity contribution in [3.63, 3.8) is 0 Å². The van der Waals surface area contributed by atoms with Gasteiger partial charge in [0.1, 0.15) is 0 Å². The van der Waals surface area contributed by atoms with E-state index in [0.717, 1.165) is 5.56 Å². The first-order valence-electron chi connectivity index (χ1n) is 9.52. The molecule has 3 rings (SSSR count). The van der Waals surface area contributed by atoms with E-state index in [-0.39, 0.29) is 5.41 Å². The highest BCUT2D eigenvalue weighted by atomic mass is 32.2. The average Bonchev–Trinajstić information content (AvgIpc) is 2.61. The van der Waals surface area contributed by atoms with Gasteiger partial charge in [-0.25, -0.2) is 8.42 Å². The molecule has 0 saturated carbocycles. The van der Waals surface area contributed by atoms with Crippen molar-refractivity contribution in [1.82, 2.24) is 4.31 Å². The number of nitrogens with zero attached hydrogens (tertiary/aromatic N) is 2. The molecule has 2 aromatic carbocycles. The normalized spacial score (nSPS) is 16.6. The van der Waals surface area contributed by atoms with Crippen LogP contribution in [0.15, 0.2) is 47.4 Å². The first-order valence-corrected chi connectivity index (χ1v) is 11.0. The fourth-order valence-electron chi connectivity index (χ4n) is 3.73. The lowest BCUT2D eigenvalue weighted by atomic mass is 9.87. The summed E-state index contributed by atoms with van der Waals surface area (Å²) in [5.41, 5.74) is 4.87. The summed E-state index contributed by atoms with van der Waals surface area (Å²) < 4.78 is 27.7. The Balaban J connectivity index is 1.75. The highest BCUT2D eigenvalue weighted by molar-refractivity contribution is 7.89. The van der Waals surface area contributed by atoms with Gasteiger partial charge in [0, 0.05) is 31.9 Å². The van der Waals surface area contributed by atoms with Crippen LogP contribution in [0.5, 0.6) is 0 Å². The lowest BCUT2D eigenvalue weighted by Gasteiger charge is -2.37. The van der Waals surface area contributed by atoms with Crippen molar-refractivity contribution < 1.29 is 8.42 Å². The van der Waals surface area contributed by atoms with Gasteiger partial charge < -0.3 is 4.90 Å². The van der Waals surface area contributed by atoms with E-state index in [1.807, 2.05) is 12.1 Å². The largest absolute Gasteiger partial charge is 0.368 e. The molecule has 0 radical (unpaired) electrons. The van der Waals surface area contributed by atoms with Crippen molar-refractivity contribution >= 4 is 15.7 Å². The van der Waals surface area contributed by atoms with Crippen LogP contribution in [0.2, 0.25) is 0 Å². The summed E-state index contributed by atoms with van der Waals surface area (Å²) in [6.45, 7) is 13.1. The van der Waals surface area contributed by atoms with E-state index >= 15 is 0 Å². The third-order valence-corrected chi connectivity index (χ3v) is 7.27. The molecule has 146 valence electrons. The Labute approximate surface area is 163 Å². The minimum Gasteiger partial charge on any atom is -0.368 e. The van der Waals surface area contributed by atoms with Crippen LogP contribution >= 0.6 is 0 Å². The molecule has 0 aromatic heterocycles. The number of rotatable bonds is 3. The predicted octanol–water partition coefficient (Wildman–Crippen LogP) is 4.11. The number of hydrogen-bond acceptors (Lipinski definition) is 3. The second kappa shape index (κ2) is 7.28. The predicted molar refractivity (Wildman–Crippen MR) is 112 cm³/mol. The Kier molecular flexibility index (Phi) is 5.37. The van der Waals surface area contributed by atoms with E-state index in [1.54, 1.807) is 16.4 Å². The third-order valence-electron chi connectivity index (χ3n) is 5.35. The van der Waals surface area contributed by atoms with Gasteiger partial charge in [0.25, 0.3) is 0 Å². The lowest BCUT2D eigenvalue weighted by Crippen LogP contribution is -2.49. The molecule has 0 spiro atoms. The summed E-state index contributed by atoms with van der Waals surface area (Å²) in [7, 11) is -3.44. The molecule has 0 aliphatic carbocycles. The van der Waals surface area contributed by atoms with Crippen molar-refractivity contribution in [1.29, 1.82) is 0 Å². The summed E-state index contributed by atoms with van der Waals surface area (Å²) >= 11 is 0. The molecule has 0 N–H and O–H groups in total. The van der Waals surface area contributed by atoms with Gasteiger partial charge in [0.05, 0.1) is 4.90 Å². The number of sulfonamides is 1. The zero-order valence-corrected chi connectivity index (χ0v) is 17.8. The van der Waals surface area contributed by atoms with Crippen LogP contribution in [0, 0.1) is 13.8 Å². The molecular weight excluding hydrogens is 356 g/mol. The maximum atomic E-state index is 13.0. The molecule has 27 heavy (non-hydrogen) atoms. The van der Waals surface area contributed by atoms with Crippen molar-refractivity contribution in [2.75, 3.05) is 31.1 Å². The molecule has 2 aromatic rings. The zero-order valence-electron chi connectivity index (χ0n) is 17.0. The summed E-state index contributed by atoms with van der Waals surface area (Å²) in [5, 5.41) is 0. The highest BCUT2D eigenvalue weighted by Crippen LogP contribution is 2.28. The molecule has 0 amide bonds. The van der Waals surface area contributed by atoms with E-state index in [2.05, 4.69) is 57.7 Å². The van der Waals surface area contributed by atoms with E-state index < -0.39 is 10.0 Å². The SMILES string of the molecule is Cc1cccc(C)c1N1CCN(S(=O)(=O)c2ccc(C(C)(C)C)cc2)CC1. The molecule has 1 aliphatic heterocycles. The number of anilines is 1. The van der Waals surface area contributed by atoms with Crippen LogP contribution in [0.25, 0.3) is 0 Å². The summed E-state index contributed by atoms with van der Waals surface area (Å²) in [6, 6.07) is 13.6. The Hall–Kier alpha value is -1.85. The Bertz CT molecular complexity index is 884. The van der Waals surface area contributed by atoms with Crippen LogP contribution in [0.4, 0.5) is 5.69 Å². The quantitative estimate of drug-likeness (QED) is 0.797. The van der Waals surface area contributed by atoms with Gasteiger partial charge in [0.2, 0.25) is 10.0 Å². The summed E-state index contributed by atoms with van der Waals surface area (Å²) in [5.74, 6) is 0. The van der Waals surface area contributed by atoms with Crippen molar-refractivity contribution in [3.8, 4) is 0 Å². The van der Waals surface area contributed by atoms with E-state index in [0.29, 0.717) is 31.1 Å². The van der Waals surface area contributed by atoms with Crippen molar-refractivity contribution in [3.05, 3.63) is 59.2 Å². The fourth-order valence-corrected chi connectivity index (χ4v) is 5.15. The monoisotopic (exact) mass is 386 g/mol. The molecule has 1 saturated heterocycles. The van der Waals surface area contributed by atoms with Crippen LogP contribution in [0.3, 0.4) is 0 Å². The number of aryl methyl sites for hydroxylation is 2. The first-order chi connectivity index (χ1) is 12.6. The molecule has 0 atom stereocenters. The van der Waals surface area contributed by atoms with Crippen LogP contribution < -0.4 is 4.90 Å². The lowest BCUT2D eigenvalue weighted by molar-refractivity contribution is 0.384. The van der Waals surface area contributed by atoms with Gasteiger partial charge in [-0.3, -0.25) is 0 Å². The maximum absolute atomic E-state index is 13.0. The number of benzene rings is 2. The summed E-state index contributed by atoms with van der Waals surface area (Å²) in [4.78, 5) is 2.69. The van der Waals surface area contributed by atoms with Gasteiger partial charge in [-0.1, -0.05) is 51.1 Å². The number of piperazine rings is 1. The Morgan fingerprint density at radius 2 is 1.33 bits per heavy atom. The fraction of sp³-hybridized carbons (Fsp3) is 0.455. The second-order valence-electron chi connectivity index (χ2n) is 8.41. The molecule has 1 aliphatic rings. The van der Waals surface area contributed by atoms with E-state index in [1.165, 1.54) is 16.8 Å². The Morgan fingerprint density at radius 3 is 1.81 bits per heavy atom.